The van der Waals surface area contributed by atoms with E-state index in [0.29, 0.717) is 45.6 Å². The van der Waals surface area contributed by atoms with Gasteiger partial charge in [-0.25, -0.2) is 4.39 Å². The van der Waals surface area contributed by atoms with Crippen molar-refractivity contribution < 1.29 is 14.0 Å². The average molecular weight is 369 g/mol. The molecule has 6 heteroatoms. The van der Waals surface area contributed by atoms with Crippen molar-refractivity contribution in [2.45, 2.75) is 12.8 Å². The molecule has 5 nitrogen and oxygen atoms in total. The van der Waals surface area contributed by atoms with Crippen molar-refractivity contribution >= 4 is 17.5 Å². The van der Waals surface area contributed by atoms with Gasteiger partial charge in [-0.15, -0.1) is 0 Å². The largest absolute Gasteiger partial charge is 0.340 e. The van der Waals surface area contributed by atoms with Crippen LogP contribution in [0.15, 0.2) is 54.6 Å². The summed E-state index contributed by atoms with van der Waals surface area (Å²) in [5, 5.41) is 2.87. The fourth-order valence-electron chi connectivity index (χ4n) is 3.18. The van der Waals surface area contributed by atoms with E-state index in [0.717, 1.165) is 11.3 Å². The Balaban J connectivity index is 1.39. The highest BCUT2D eigenvalue weighted by atomic mass is 19.1. The van der Waals surface area contributed by atoms with E-state index in [1.165, 1.54) is 12.1 Å². The summed E-state index contributed by atoms with van der Waals surface area (Å²) < 4.78 is 13.2. The molecule has 0 unspecified atom stereocenters. The first kappa shape index (κ1) is 19.0. The number of aryl methyl sites for hydroxylation is 1. The Morgan fingerprint density at radius 2 is 1.70 bits per heavy atom. The van der Waals surface area contributed by atoms with E-state index < -0.39 is 0 Å². The number of hydrogen-bond donors (Lipinski definition) is 1. The maximum absolute atomic E-state index is 13.2. The lowest BCUT2D eigenvalue weighted by Crippen LogP contribution is -2.50. The van der Waals surface area contributed by atoms with Crippen molar-refractivity contribution in [2.24, 2.45) is 0 Å². The van der Waals surface area contributed by atoms with Crippen LogP contribution in [0.1, 0.15) is 12.0 Å². The third-order valence-electron chi connectivity index (χ3n) is 4.67. The molecule has 27 heavy (non-hydrogen) atoms. The Hall–Kier alpha value is -2.73. The summed E-state index contributed by atoms with van der Waals surface area (Å²) in [5.74, 6) is -0.248. The van der Waals surface area contributed by atoms with Gasteiger partial charge in [0.25, 0.3) is 0 Å². The van der Waals surface area contributed by atoms with Crippen molar-refractivity contribution in [3.63, 3.8) is 0 Å². The predicted molar refractivity (Wildman–Crippen MR) is 103 cm³/mol. The molecule has 1 aliphatic heterocycles. The minimum Gasteiger partial charge on any atom is -0.340 e. The highest BCUT2D eigenvalue weighted by Crippen LogP contribution is 2.10. The quantitative estimate of drug-likeness (QED) is 0.851. The van der Waals surface area contributed by atoms with Crippen LogP contribution in [0.5, 0.6) is 0 Å². The Morgan fingerprint density at radius 3 is 2.41 bits per heavy atom. The molecule has 0 aliphatic carbocycles. The summed E-state index contributed by atoms with van der Waals surface area (Å²) in [6.45, 7) is 2.89. The van der Waals surface area contributed by atoms with E-state index in [1.54, 1.807) is 6.07 Å². The highest BCUT2D eigenvalue weighted by Gasteiger charge is 2.22. The van der Waals surface area contributed by atoms with Crippen LogP contribution in [0, 0.1) is 5.82 Å². The monoisotopic (exact) mass is 369 g/mol. The molecule has 1 saturated heterocycles. The van der Waals surface area contributed by atoms with Crippen molar-refractivity contribution in [3.05, 3.63) is 66.0 Å². The summed E-state index contributed by atoms with van der Waals surface area (Å²) in [7, 11) is 0. The van der Waals surface area contributed by atoms with Crippen molar-refractivity contribution in [1.29, 1.82) is 0 Å². The van der Waals surface area contributed by atoms with Gasteiger partial charge in [-0.05, 0) is 36.2 Å². The van der Waals surface area contributed by atoms with E-state index in [-0.39, 0.29) is 17.6 Å². The smallest absolute Gasteiger partial charge is 0.238 e. The van der Waals surface area contributed by atoms with Gasteiger partial charge in [0.15, 0.2) is 0 Å². The molecule has 1 N–H and O–H groups in total. The molecule has 1 heterocycles. The minimum absolute atomic E-state index is 0.0490. The maximum Gasteiger partial charge on any atom is 0.238 e. The molecular formula is C21H24FN3O2. The first-order chi connectivity index (χ1) is 13.1. The third-order valence-corrected chi connectivity index (χ3v) is 4.67. The van der Waals surface area contributed by atoms with E-state index in [9.17, 15) is 14.0 Å². The number of anilines is 1. The lowest BCUT2D eigenvalue weighted by atomic mass is 10.1. The molecule has 142 valence electrons. The molecule has 1 fully saturated rings. The molecule has 0 atom stereocenters. The van der Waals surface area contributed by atoms with E-state index in [1.807, 2.05) is 41.3 Å². The number of hydrogen-bond acceptors (Lipinski definition) is 3. The van der Waals surface area contributed by atoms with E-state index >= 15 is 0 Å². The molecule has 0 bridgehead atoms. The standard InChI is InChI=1S/C21H24FN3O2/c22-18-6-4-5-17(15-18)9-10-21(27)25-13-11-24(12-14-25)16-20(26)23-19-7-2-1-3-8-19/h1-8,15H,9-14,16H2,(H,23,26). The Labute approximate surface area is 158 Å². The van der Waals surface area contributed by atoms with Crippen molar-refractivity contribution in [3.8, 4) is 0 Å². The average Bonchev–Trinajstić information content (AvgIpc) is 2.67. The number of amides is 2. The van der Waals surface area contributed by atoms with Gasteiger partial charge in [-0.2, -0.15) is 0 Å². The lowest BCUT2D eigenvalue weighted by Gasteiger charge is -2.34. The Morgan fingerprint density at radius 1 is 0.963 bits per heavy atom. The number of carbonyl (C=O) groups is 2. The van der Waals surface area contributed by atoms with Crippen LogP contribution in [0.2, 0.25) is 0 Å². The summed E-state index contributed by atoms with van der Waals surface area (Å²) >= 11 is 0. The van der Waals surface area contributed by atoms with Crippen LogP contribution in [0.25, 0.3) is 0 Å². The Kier molecular flexibility index (Phi) is 6.54. The zero-order chi connectivity index (χ0) is 19.1. The number of benzene rings is 2. The van der Waals surface area contributed by atoms with Gasteiger partial charge < -0.3 is 10.2 Å². The molecule has 2 aromatic rings. The zero-order valence-electron chi connectivity index (χ0n) is 15.2. The topological polar surface area (TPSA) is 52.7 Å². The third kappa shape index (κ3) is 5.89. The van der Waals surface area contributed by atoms with Crippen LogP contribution in [-0.4, -0.2) is 54.3 Å². The van der Waals surface area contributed by atoms with E-state index in [2.05, 4.69) is 10.2 Å². The molecule has 2 aromatic carbocycles. The molecule has 0 spiro atoms. The van der Waals surface area contributed by atoms with Crippen molar-refractivity contribution in [1.82, 2.24) is 9.80 Å². The number of rotatable bonds is 6. The molecule has 3 rings (SSSR count). The molecule has 1 aliphatic rings. The molecule has 2 amide bonds. The van der Waals surface area contributed by atoms with Gasteiger partial charge in [0.2, 0.25) is 11.8 Å². The van der Waals surface area contributed by atoms with Gasteiger partial charge >= 0.3 is 0 Å². The molecule has 0 aromatic heterocycles. The fourth-order valence-corrected chi connectivity index (χ4v) is 3.18. The number of halogens is 1. The van der Waals surface area contributed by atoms with Crippen LogP contribution in [-0.2, 0) is 16.0 Å². The van der Waals surface area contributed by atoms with Crippen molar-refractivity contribution in [2.75, 3.05) is 38.0 Å². The summed E-state index contributed by atoms with van der Waals surface area (Å²) in [6, 6.07) is 15.7. The van der Waals surface area contributed by atoms with Gasteiger partial charge in [-0.1, -0.05) is 30.3 Å². The Bertz CT molecular complexity index is 774. The lowest BCUT2D eigenvalue weighted by molar-refractivity contribution is -0.133. The van der Waals surface area contributed by atoms with Crippen LogP contribution in [0.3, 0.4) is 0 Å². The normalized spacial score (nSPS) is 14.8. The molecular weight excluding hydrogens is 345 g/mol. The molecule has 0 saturated carbocycles. The first-order valence-electron chi connectivity index (χ1n) is 9.19. The number of carbonyl (C=O) groups excluding carboxylic acids is 2. The van der Waals surface area contributed by atoms with Crippen LogP contribution < -0.4 is 5.32 Å². The SMILES string of the molecule is O=C(CN1CCN(C(=O)CCc2cccc(F)c2)CC1)Nc1ccccc1. The highest BCUT2D eigenvalue weighted by molar-refractivity contribution is 5.92. The summed E-state index contributed by atoms with van der Waals surface area (Å²) in [6.07, 6.45) is 0.911. The van der Waals surface area contributed by atoms with E-state index in [4.69, 9.17) is 0 Å². The second kappa shape index (κ2) is 9.28. The minimum atomic E-state index is -0.276. The second-order valence-corrected chi connectivity index (χ2v) is 6.70. The number of nitrogens with one attached hydrogen (secondary N) is 1. The van der Waals surface area contributed by atoms with Gasteiger partial charge in [0, 0.05) is 38.3 Å². The van der Waals surface area contributed by atoms with Crippen LogP contribution in [0.4, 0.5) is 10.1 Å². The maximum atomic E-state index is 13.2. The summed E-state index contributed by atoms with van der Waals surface area (Å²) in [4.78, 5) is 28.4. The zero-order valence-corrected chi connectivity index (χ0v) is 15.2. The predicted octanol–water partition coefficient (Wildman–Crippen LogP) is 2.54. The second-order valence-electron chi connectivity index (χ2n) is 6.70. The van der Waals surface area contributed by atoms with Gasteiger partial charge in [0.05, 0.1) is 6.54 Å². The summed E-state index contributed by atoms with van der Waals surface area (Å²) in [5.41, 5.74) is 1.62. The number of para-hydroxylation sites is 1. The number of piperazine rings is 1. The first-order valence-corrected chi connectivity index (χ1v) is 9.19. The number of nitrogens with zero attached hydrogens (tertiary/aromatic N) is 2. The van der Waals surface area contributed by atoms with Gasteiger partial charge in [-0.3, -0.25) is 14.5 Å². The fraction of sp³-hybridized carbons (Fsp3) is 0.333. The van der Waals surface area contributed by atoms with Gasteiger partial charge in [0.1, 0.15) is 5.82 Å². The molecule has 0 radical (unpaired) electrons. The van der Waals surface area contributed by atoms with Crippen LogP contribution >= 0.6 is 0 Å².